The van der Waals surface area contributed by atoms with E-state index in [1.54, 1.807) is 6.07 Å². The maximum atomic E-state index is 13.0. The molecule has 2 rings (SSSR count). The van der Waals surface area contributed by atoms with E-state index in [1.807, 2.05) is 6.07 Å². The lowest BCUT2D eigenvalue weighted by Crippen LogP contribution is -2.13. The largest absolute Gasteiger partial charge is 0.321 e. The first-order chi connectivity index (χ1) is 9.51. The summed E-state index contributed by atoms with van der Waals surface area (Å²) in [5.74, 6) is -0.867. The Hall–Kier alpha value is -1.90. The molecule has 100 valence electrons. The highest BCUT2D eigenvalue weighted by Crippen LogP contribution is 2.25. The molecule has 0 fully saturated rings. The van der Waals surface area contributed by atoms with Gasteiger partial charge in [-0.05, 0) is 52.3 Å². The van der Waals surface area contributed by atoms with Crippen LogP contribution in [0.2, 0.25) is 5.02 Å². The van der Waals surface area contributed by atoms with E-state index in [-0.39, 0.29) is 10.6 Å². The molecule has 0 spiro atoms. The van der Waals surface area contributed by atoms with Gasteiger partial charge >= 0.3 is 0 Å². The Morgan fingerprint density at radius 3 is 2.65 bits per heavy atom. The molecule has 0 aromatic heterocycles. The first-order valence-corrected chi connectivity index (χ1v) is 6.64. The van der Waals surface area contributed by atoms with Gasteiger partial charge in [0.2, 0.25) is 0 Å². The fourth-order valence-corrected chi connectivity index (χ4v) is 2.31. The zero-order chi connectivity index (χ0) is 14.7. The van der Waals surface area contributed by atoms with Crippen LogP contribution in [0, 0.1) is 17.1 Å². The number of nitrogens with zero attached hydrogens (tertiary/aromatic N) is 1. The molecule has 0 bridgehead atoms. The van der Waals surface area contributed by atoms with Crippen molar-refractivity contribution in [1.82, 2.24) is 0 Å². The summed E-state index contributed by atoms with van der Waals surface area (Å²) in [4.78, 5) is 12.1. The van der Waals surface area contributed by atoms with E-state index in [9.17, 15) is 9.18 Å². The lowest BCUT2D eigenvalue weighted by atomic mass is 10.2. The van der Waals surface area contributed by atoms with E-state index >= 15 is 0 Å². The number of nitrogens with one attached hydrogen (secondary N) is 1. The SMILES string of the molecule is N#Cc1ccc(NC(=O)c2ccc(F)cc2Br)c(Cl)c1. The second kappa shape index (κ2) is 6.04. The Labute approximate surface area is 128 Å². The van der Waals surface area contributed by atoms with Crippen LogP contribution in [0.5, 0.6) is 0 Å². The summed E-state index contributed by atoms with van der Waals surface area (Å²) < 4.78 is 13.3. The average molecular weight is 354 g/mol. The molecular formula is C14H7BrClFN2O. The molecule has 2 aromatic carbocycles. The van der Waals surface area contributed by atoms with E-state index < -0.39 is 11.7 Å². The summed E-state index contributed by atoms with van der Waals surface area (Å²) in [7, 11) is 0. The topological polar surface area (TPSA) is 52.9 Å². The molecule has 0 heterocycles. The van der Waals surface area contributed by atoms with Crippen LogP contribution in [0.15, 0.2) is 40.9 Å². The Kier molecular flexibility index (Phi) is 4.38. The van der Waals surface area contributed by atoms with Gasteiger partial charge in [-0.3, -0.25) is 4.79 Å². The van der Waals surface area contributed by atoms with Crippen LogP contribution >= 0.6 is 27.5 Å². The molecule has 1 N–H and O–H groups in total. The molecule has 0 unspecified atom stereocenters. The van der Waals surface area contributed by atoms with Crippen LogP contribution < -0.4 is 5.32 Å². The molecule has 0 saturated carbocycles. The van der Waals surface area contributed by atoms with Gasteiger partial charge in [0, 0.05) is 4.47 Å². The molecular weight excluding hydrogens is 347 g/mol. The normalized spacial score (nSPS) is 9.90. The Balaban J connectivity index is 2.26. The molecule has 0 aliphatic heterocycles. The van der Waals surface area contributed by atoms with Gasteiger partial charge in [0.05, 0.1) is 27.9 Å². The fourth-order valence-electron chi connectivity index (χ4n) is 1.55. The molecule has 0 aliphatic carbocycles. The molecule has 3 nitrogen and oxygen atoms in total. The number of amides is 1. The molecule has 0 aliphatic rings. The predicted octanol–water partition coefficient (Wildman–Crippen LogP) is 4.37. The summed E-state index contributed by atoms with van der Waals surface area (Å²) in [6, 6.07) is 10.3. The number of carbonyl (C=O) groups is 1. The van der Waals surface area contributed by atoms with Crippen molar-refractivity contribution in [1.29, 1.82) is 5.26 Å². The van der Waals surface area contributed by atoms with Gasteiger partial charge in [0.15, 0.2) is 0 Å². The van der Waals surface area contributed by atoms with E-state index in [0.29, 0.717) is 15.7 Å². The van der Waals surface area contributed by atoms with Crippen molar-refractivity contribution in [2.45, 2.75) is 0 Å². The van der Waals surface area contributed by atoms with E-state index in [2.05, 4.69) is 21.2 Å². The summed E-state index contributed by atoms with van der Waals surface area (Å²) >= 11 is 9.09. The van der Waals surface area contributed by atoms with Crippen LogP contribution in [0.25, 0.3) is 0 Å². The van der Waals surface area contributed by atoms with Crippen LogP contribution in [-0.2, 0) is 0 Å². The number of hydrogen-bond donors (Lipinski definition) is 1. The number of hydrogen-bond acceptors (Lipinski definition) is 2. The van der Waals surface area contributed by atoms with E-state index in [4.69, 9.17) is 16.9 Å². The Morgan fingerprint density at radius 1 is 1.30 bits per heavy atom. The zero-order valence-electron chi connectivity index (χ0n) is 9.95. The van der Waals surface area contributed by atoms with Gasteiger partial charge in [-0.15, -0.1) is 0 Å². The van der Waals surface area contributed by atoms with Crippen molar-refractivity contribution in [2.24, 2.45) is 0 Å². The Morgan fingerprint density at radius 2 is 2.05 bits per heavy atom. The molecule has 0 saturated heterocycles. The molecule has 0 atom stereocenters. The number of rotatable bonds is 2. The fraction of sp³-hybridized carbons (Fsp3) is 0. The molecule has 1 amide bonds. The lowest BCUT2D eigenvalue weighted by molar-refractivity contribution is 0.102. The van der Waals surface area contributed by atoms with Gasteiger partial charge < -0.3 is 5.32 Å². The van der Waals surface area contributed by atoms with Gasteiger partial charge in [0.1, 0.15) is 5.82 Å². The van der Waals surface area contributed by atoms with Crippen molar-refractivity contribution in [2.75, 3.05) is 5.32 Å². The van der Waals surface area contributed by atoms with Crippen molar-refractivity contribution >= 4 is 39.1 Å². The van der Waals surface area contributed by atoms with Crippen molar-refractivity contribution in [3.05, 3.63) is 62.8 Å². The van der Waals surface area contributed by atoms with Crippen LogP contribution in [0.3, 0.4) is 0 Å². The second-order valence-electron chi connectivity index (χ2n) is 3.88. The number of halogens is 3. The number of anilines is 1. The number of carbonyl (C=O) groups excluding carboxylic acids is 1. The van der Waals surface area contributed by atoms with Gasteiger partial charge in [-0.25, -0.2) is 4.39 Å². The molecule has 20 heavy (non-hydrogen) atoms. The third kappa shape index (κ3) is 3.16. The third-order valence-electron chi connectivity index (χ3n) is 2.52. The Bertz CT molecular complexity index is 728. The maximum absolute atomic E-state index is 13.0. The minimum Gasteiger partial charge on any atom is -0.321 e. The second-order valence-corrected chi connectivity index (χ2v) is 5.15. The lowest BCUT2D eigenvalue weighted by Gasteiger charge is -2.08. The van der Waals surface area contributed by atoms with Crippen LogP contribution in [0.4, 0.5) is 10.1 Å². The summed E-state index contributed by atoms with van der Waals surface area (Å²) in [5, 5.41) is 11.6. The minimum atomic E-state index is -0.440. The van der Waals surface area contributed by atoms with Crippen molar-refractivity contribution in [3.8, 4) is 6.07 Å². The average Bonchev–Trinajstić information content (AvgIpc) is 2.40. The van der Waals surface area contributed by atoms with Crippen molar-refractivity contribution < 1.29 is 9.18 Å². The highest BCUT2D eigenvalue weighted by molar-refractivity contribution is 9.10. The highest BCUT2D eigenvalue weighted by Gasteiger charge is 2.12. The number of nitriles is 1. The van der Waals surface area contributed by atoms with Crippen LogP contribution in [0.1, 0.15) is 15.9 Å². The molecule has 6 heteroatoms. The summed E-state index contributed by atoms with van der Waals surface area (Å²) in [6.45, 7) is 0. The predicted molar refractivity (Wildman–Crippen MR) is 78.2 cm³/mol. The minimum absolute atomic E-state index is 0.260. The monoisotopic (exact) mass is 352 g/mol. The third-order valence-corrected chi connectivity index (χ3v) is 3.49. The summed E-state index contributed by atoms with van der Waals surface area (Å²) in [5.41, 5.74) is 1.06. The maximum Gasteiger partial charge on any atom is 0.256 e. The van der Waals surface area contributed by atoms with E-state index in [0.717, 1.165) is 0 Å². The standard InChI is InChI=1S/C14H7BrClFN2O/c15-11-6-9(17)2-3-10(11)14(20)19-13-4-1-8(7-18)5-12(13)16/h1-6H,(H,19,20). The first-order valence-electron chi connectivity index (χ1n) is 5.47. The van der Waals surface area contributed by atoms with Crippen molar-refractivity contribution in [3.63, 3.8) is 0 Å². The highest BCUT2D eigenvalue weighted by atomic mass is 79.9. The van der Waals surface area contributed by atoms with Crippen LogP contribution in [-0.4, -0.2) is 5.91 Å². The van der Waals surface area contributed by atoms with E-state index in [1.165, 1.54) is 30.3 Å². The number of benzene rings is 2. The molecule has 2 aromatic rings. The zero-order valence-corrected chi connectivity index (χ0v) is 12.3. The first kappa shape index (κ1) is 14.5. The van der Waals surface area contributed by atoms with Gasteiger partial charge in [-0.1, -0.05) is 11.6 Å². The smallest absolute Gasteiger partial charge is 0.256 e. The van der Waals surface area contributed by atoms with Gasteiger partial charge in [-0.2, -0.15) is 5.26 Å². The molecule has 0 radical (unpaired) electrons. The summed E-state index contributed by atoms with van der Waals surface area (Å²) in [6.07, 6.45) is 0. The van der Waals surface area contributed by atoms with Gasteiger partial charge in [0.25, 0.3) is 5.91 Å². The quantitative estimate of drug-likeness (QED) is 0.872.